The molecular formula is C26H35N7O2S. The van der Waals surface area contributed by atoms with E-state index >= 15 is 0 Å². The average Bonchev–Trinajstić information content (AvgIpc) is 3.43. The van der Waals surface area contributed by atoms with Crippen LogP contribution in [0.2, 0.25) is 0 Å². The molecule has 3 fully saturated rings. The van der Waals surface area contributed by atoms with Crippen LogP contribution in [0.4, 0.5) is 11.8 Å². The zero-order chi connectivity index (χ0) is 25.0. The summed E-state index contributed by atoms with van der Waals surface area (Å²) in [5, 5.41) is 19.6. The second-order valence-electron chi connectivity index (χ2n) is 10.1. The molecule has 0 bridgehead atoms. The molecule has 10 heteroatoms. The van der Waals surface area contributed by atoms with Gasteiger partial charge in [0.25, 0.3) is 0 Å². The van der Waals surface area contributed by atoms with Gasteiger partial charge in [-0.3, -0.25) is 0 Å². The summed E-state index contributed by atoms with van der Waals surface area (Å²) in [5.74, 6) is 1.56. The van der Waals surface area contributed by atoms with E-state index in [1.54, 1.807) is 22.6 Å². The lowest BCUT2D eigenvalue weighted by molar-refractivity contribution is 0.329. The van der Waals surface area contributed by atoms with Gasteiger partial charge >= 0.3 is 0 Å². The summed E-state index contributed by atoms with van der Waals surface area (Å²) >= 11 is 0. The second kappa shape index (κ2) is 11.1. The quantitative estimate of drug-likeness (QED) is 0.519. The number of nitriles is 1. The van der Waals surface area contributed by atoms with Crippen molar-refractivity contribution in [3.05, 3.63) is 41.6 Å². The smallest absolute Gasteiger partial charge is 0.243 e. The Bertz CT molecular complexity index is 1180. The molecule has 0 spiro atoms. The zero-order valence-corrected chi connectivity index (χ0v) is 21.4. The van der Waals surface area contributed by atoms with E-state index in [1.165, 1.54) is 18.4 Å². The van der Waals surface area contributed by atoms with Crippen molar-refractivity contribution in [3.63, 3.8) is 0 Å². The highest BCUT2D eigenvalue weighted by Crippen LogP contribution is 2.28. The van der Waals surface area contributed by atoms with Crippen molar-refractivity contribution < 1.29 is 8.42 Å². The Morgan fingerprint density at radius 3 is 2.28 bits per heavy atom. The van der Waals surface area contributed by atoms with Gasteiger partial charge in [-0.25, -0.2) is 13.4 Å². The molecule has 2 aliphatic heterocycles. The number of nitrogens with zero attached hydrogens (tertiary/aromatic N) is 4. The van der Waals surface area contributed by atoms with Gasteiger partial charge in [-0.2, -0.15) is 14.6 Å². The van der Waals surface area contributed by atoms with E-state index in [-0.39, 0.29) is 6.04 Å². The summed E-state index contributed by atoms with van der Waals surface area (Å²) in [6.45, 7) is 2.91. The summed E-state index contributed by atoms with van der Waals surface area (Å²) in [6.07, 6.45) is 9.64. The first-order chi connectivity index (χ1) is 17.5. The highest BCUT2D eigenvalue weighted by Gasteiger charge is 2.30. The van der Waals surface area contributed by atoms with Crippen molar-refractivity contribution in [2.45, 2.75) is 74.3 Å². The fourth-order valence-electron chi connectivity index (χ4n) is 5.55. The van der Waals surface area contributed by atoms with Gasteiger partial charge in [0.1, 0.15) is 17.5 Å². The van der Waals surface area contributed by atoms with Crippen LogP contribution in [0.3, 0.4) is 0 Å². The predicted octanol–water partition coefficient (Wildman–Crippen LogP) is 3.43. The number of anilines is 2. The minimum absolute atomic E-state index is 0.0750. The van der Waals surface area contributed by atoms with Crippen LogP contribution in [-0.4, -0.2) is 61.0 Å². The molecule has 3 N–H and O–H groups in total. The van der Waals surface area contributed by atoms with Crippen molar-refractivity contribution in [1.82, 2.24) is 19.6 Å². The summed E-state index contributed by atoms with van der Waals surface area (Å²) in [5.41, 5.74) is 1.67. The maximum absolute atomic E-state index is 13.3. The number of nitrogens with one attached hydrogen (secondary N) is 3. The molecule has 1 aromatic carbocycles. The first-order valence-electron chi connectivity index (χ1n) is 13.1. The fraction of sp³-hybridized carbons (Fsp3) is 0.577. The van der Waals surface area contributed by atoms with Gasteiger partial charge in [0, 0.05) is 25.2 Å². The SMILES string of the molecule is N#Cc1cnc(NC2CCN(S(=O)(=O)c3ccc(C4CCNCC4)cc3)CC2)nc1NC1CCCC1. The van der Waals surface area contributed by atoms with Crippen LogP contribution in [0.15, 0.2) is 35.4 Å². The second-order valence-corrected chi connectivity index (χ2v) is 12.0. The molecule has 36 heavy (non-hydrogen) atoms. The Morgan fingerprint density at radius 2 is 1.61 bits per heavy atom. The Morgan fingerprint density at radius 1 is 0.944 bits per heavy atom. The van der Waals surface area contributed by atoms with Crippen LogP contribution in [0, 0.1) is 11.3 Å². The number of benzene rings is 1. The third kappa shape index (κ3) is 5.64. The van der Waals surface area contributed by atoms with E-state index in [9.17, 15) is 13.7 Å². The molecule has 0 amide bonds. The maximum Gasteiger partial charge on any atom is 0.243 e. The van der Waals surface area contributed by atoms with Gasteiger partial charge in [-0.05, 0) is 75.2 Å². The van der Waals surface area contributed by atoms with Crippen LogP contribution >= 0.6 is 0 Å². The Labute approximate surface area is 213 Å². The third-order valence-electron chi connectivity index (χ3n) is 7.72. The molecular weight excluding hydrogens is 474 g/mol. The van der Waals surface area contributed by atoms with Crippen LogP contribution in [0.1, 0.15) is 68.4 Å². The molecule has 2 saturated heterocycles. The van der Waals surface area contributed by atoms with Crippen molar-refractivity contribution in [1.29, 1.82) is 5.26 Å². The standard InChI is InChI=1S/C26H35N7O2S/c27-17-21-18-29-26(32-25(21)30-22-3-1-2-4-22)31-23-11-15-33(16-12-23)36(34,35)24-7-5-19(6-8-24)20-9-13-28-14-10-20/h5-8,18,20,22-23,28H,1-4,9-16H2,(H2,29,30,31,32). The highest BCUT2D eigenvalue weighted by atomic mass is 32.2. The first kappa shape index (κ1) is 24.9. The highest BCUT2D eigenvalue weighted by molar-refractivity contribution is 7.89. The van der Waals surface area contributed by atoms with E-state index < -0.39 is 10.0 Å². The van der Waals surface area contributed by atoms with E-state index in [0.29, 0.717) is 60.1 Å². The molecule has 3 heterocycles. The molecule has 1 saturated carbocycles. The molecule has 3 aliphatic rings. The van der Waals surface area contributed by atoms with Gasteiger partial charge < -0.3 is 16.0 Å². The first-order valence-corrected chi connectivity index (χ1v) is 14.6. The molecule has 0 unspecified atom stereocenters. The minimum atomic E-state index is -3.52. The van der Waals surface area contributed by atoms with Crippen molar-refractivity contribution in [3.8, 4) is 6.07 Å². The fourth-order valence-corrected chi connectivity index (χ4v) is 7.02. The summed E-state index contributed by atoms with van der Waals surface area (Å²) < 4.78 is 28.1. The number of sulfonamides is 1. The molecule has 0 atom stereocenters. The monoisotopic (exact) mass is 509 g/mol. The van der Waals surface area contributed by atoms with E-state index in [2.05, 4.69) is 32.0 Å². The maximum atomic E-state index is 13.3. The summed E-state index contributed by atoms with van der Waals surface area (Å²) in [6, 6.07) is 10.1. The van der Waals surface area contributed by atoms with Gasteiger partial charge in [-0.15, -0.1) is 0 Å². The third-order valence-corrected chi connectivity index (χ3v) is 9.63. The number of rotatable bonds is 7. The Hall–Kier alpha value is -2.74. The van der Waals surface area contributed by atoms with Crippen LogP contribution < -0.4 is 16.0 Å². The normalized spacial score (nSPS) is 20.8. The molecule has 1 aliphatic carbocycles. The van der Waals surface area contributed by atoms with Crippen LogP contribution in [0.25, 0.3) is 0 Å². The van der Waals surface area contributed by atoms with Gasteiger partial charge in [0.05, 0.1) is 11.1 Å². The zero-order valence-electron chi connectivity index (χ0n) is 20.6. The molecule has 9 nitrogen and oxygen atoms in total. The Kier molecular flexibility index (Phi) is 7.70. The van der Waals surface area contributed by atoms with Gasteiger partial charge in [0.15, 0.2) is 0 Å². The number of aromatic nitrogens is 2. The van der Waals surface area contributed by atoms with Gasteiger partial charge in [-0.1, -0.05) is 25.0 Å². The summed E-state index contributed by atoms with van der Waals surface area (Å²) in [4.78, 5) is 9.26. The van der Waals surface area contributed by atoms with Crippen molar-refractivity contribution in [2.75, 3.05) is 36.8 Å². The number of piperidine rings is 2. The van der Waals surface area contributed by atoms with E-state index in [0.717, 1.165) is 38.8 Å². The van der Waals surface area contributed by atoms with E-state index in [4.69, 9.17) is 0 Å². The topological polar surface area (TPSA) is 123 Å². The molecule has 192 valence electrons. The van der Waals surface area contributed by atoms with E-state index in [1.807, 2.05) is 12.1 Å². The van der Waals surface area contributed by atoms with Gasteiger partial charge in [0.2, 0.25) is 16.0 Å². The minimum Gasteiger partial charge on any atom is -0.366 e. The average molecular weight is 510 g/mol. The van der Waals surface area contributed by atoms with Crippen LogP contribution in [0.5, 0.6) is 0 Å². The number of hydrogen-bond acceptors (Lipinski definition) is 8. The van der Waals surface area contributed by atoms with Crippen LogP contribution in [-0.2, 0) is 10.0 Å². The lowest BCUT2D eigenvalue weighted by Crippen LogP contribution is -2.42. The number of hydrogen-bond donors (Lipinski definition) is 3. The molecule has 2 aromatic rings. The molecule has 5 rings (SSSR count). The lowest BCUT2D eigenvalue weighted by Gasteiger charge is -2.31. The lowest BCUT2D eigenvalue weighted by atomic mass is 9.90. The van der Waals surface area contributed by atoms with Crippen molar-refractivity contribution in [2.24, 2.45) is 0 Å². The molecule has 0 radical (unpaired) electrons. The summed E-state index contributed by atoms with van der Waals surface area (Å²) in [7, 11) is -3.52. The Balaban J connectivity index is 1.18. The van der Waals surface area contributed by atoms with Crippen molar-refractivity contribution >= 4 is 21.8 Å². The largest absolute Gasteiger partial charge is 0.366 e. The predicted molar refractivity (Wildman–Crippen MR) is 139 cm³/mol. The molecule has 1 aromatic heterocycles.